The summed E-state index contributed by atoms with van der Waals surface area (Å²) in [7, 11) is 6.87. The van der Waals surface area contributed by atoms with Crippen molar-refractivity contribution in [2.24, 2.45) is 0 Å². The lowest BCUT2D eigenvalue weighted by Gasteiger charge is -2.28. The molecule has 8 aromatic heterocycles. The van der Waals surface area contributed by atoms with Crippen LogP contribution in [0.2, 0.25) is 0 Å². The second kappa shape index (κ2) is 50.8. The van der Waals surface area contributed by atoms with Gasteiger partial charge in [-0.25, -0.2) is 0 Å². The zero-order valence-electron chi connectivity index (χ0n) is 82.2. The average Bonchev–Trinajstić information content (AvgIpc) is 0.825. The number of hydrogen-bond donors (Lipinski definition) is 4. The fourth-order valence-corrected chi connectivity index (χ4v) is 17.6. The van der Waals surface area contributed by atoms with Crippen molar-refractivity contribution in [3.8, 4) is 0 Å². The van der Waals surface area contributed by atoms with E-state index in [9.17, 15) is 38.4 Å². The lowest BCUT2D eigenvalue weighted by atomic mass is 10.2. The Labute approximate surface area is 838 Å². The van der Waals surface area contributed by atoms with Crippen LogP contribution in [0.4, 0.5) is 0 Å². The van der Waals surface area contributed by atoms with Crippen LogP contribution in [0.25, 0.3) is 87.2 Å². The van der Waals surface area contributed by atoms with E-state index in [1.807, 2.05) is 321 Å². The Hall–Kier alpha value is -15.4. The van der Waals surface area contributed by atoms with E-state index in [1.165, 1.54) is 0 Å². The largest absolute Gasteiger partial charge is 0.354 e. The molecule has 30 nitrogen and oxygen atoms in total. The van der Waals surface area contributed by atoms with E-state index >= 15 is 0 Å². The number of pyridine rings is 8. The molecular formula is C114H124N22O8. The van der Waals surface area contributed by atoms with Gasteiger partial charge in [0.2, 0.25) is 47.3 Å². The Morgan fingerprint density at radius 2 is 0.340 bits per heavy atom. The summed E-state index contributed by atoms with van der Waals surface area (Å²) in [5, 5.41) is 20.2. The topological polar surface area (TPSA) is 320 Å². The second-order valence-electron chi connectivity index (χ2n) is 36.9. The molecule has 144 heavy (non-hydrogen) atoms. The van der Waals surface area contributed by atoms with Gasteiger partial charge in [-0.2, -0.15) is 0 Å². The van der Waals surface area contributed by atoms with E-state index < -0.39 is 0 Å². The molecule has 16 rings (SSSR count). The molecule has 16 aromatic rings. The number of carbonyl (C=O) groups excluding carboxylic acids is 8. The number of rotatable bonds is 51. The van der Waals surface area contributed by atoms with Gasteiger partial charge in [0.1, 0.15) is 0 Å². The van der Waals surface area contributed by atoms with E-state index in [4.69, 9.17) is 39.9 Å². The Morgan fingerprint density at radius 1 is 0.188 bits per heavy atom. The van der Waals surface area contributed by atoms with Gasteiger partial charge in [0.25, 0.3) is 0 Å². The maximum atomic E-state index is 14.3. The number of nitrogens with one attached hydrogen (secondary N) is 4. The first-order valence-electron chi connectivity index (χ1n) is 49.3. The zero-order valence-corrected chi connectivity index (χ0v) is 82.2. The maximum absolute atomic E-state index is 14.3. The van der Waals surface area contributed by atoms with Crippen molar-refractivity contribution in [1.82, 2.24) is 110 Å². The third-order valence-electron chi connectivity index (χ3n) is 25.9. The summed E-state index contributed by atoms with van der Waals surface area (Å²) in [4.78, 5) is 172. The molecule has 0 spiro atoms. The van der Waals surface area contributed by atoms with E-state index in [0.29, 0.717) is 65.4 Å². The molecule has 4 N–H and O–H groups in total. The summed E-state index contributed by atoms with van der Waals surface area (Å²) in [6, 6.07) is 95.4. The molecule has 0 bridgehead atoms. The summed E-state index contributed by atoms with van der Waals surface area (Å²) < 4.78 is 0. The van der Waals surface area contributed by atoms with Gasteiger partial charge < -0.3 is 50.7 Å². The molecule has 0 atom stereocenters. The third kappa shape index (κ3) is 30.1. The minimum atomic E-state index is -0.280. The van der Waals surface area contributed by atoms with Crippen LogP contribution in [0.5, 0.6) is 0 Å². The van der Waals surface area contributed by atoms with Gasteiger partial charge in [0, 0.05) is 241 Å². The maximum Gasteiger partial charge on any atom is 0.236 e. The van der Waals surface area contributed by atoms with Crippen LogP contribution < -0.4 is 21.3 Å². The molecule has 0 aliphatic rings. The van der Waals surface area contributed by atoms with E-state index in [1.54, 1.807) is 47.8 Å². The van der Waals surface area contributed by atoms with Crippen molar-refractivity contribution in [2.75, 3.05) is 146 Å². The number of benzene rings is 8. The van der Waals surface area contributed by atoms with Gasteiger partial charge in [-0.05, 0) is 97.1 Å². The zero-order chi connectivity index (χ0) is 99.9. The molecule has 8 heterocycles. The predicted octanol–water partition coefficient (Wildman–Crippen LogP) is 12.6. The number of nitrogens with zero attached hydrogens (tertiary/aromatic N) is 18. The van der Waals surface area contributed by atoms with E-state index in [-0.39, 0.29) is 178 Å². The minimum Gasteiger partial charge on any atom is -0.354 e. The summed E-state index contributed by atoms with van der Waals surface area (Å²) in [6.07, 6.45) is 0.0705. The fraction of sp³-hybridized carbons (Fsp3) is 0.298. The van der Waals surface area contributed by atoms with E-state index in [0.717, 1.165) is 133 Å². The van der Waals surface area contributed by atoms with Gasteiger partial charge >= 0.3 is 0 Å². The van der Waals surface area contributed by atoms with Crippen molar-refractivity contribution in [1.29, 1.82) is 0 Å². The minimum absolute atomic E-state index is 0.0176. The Kier molecular flexibility index (Phi) is 35.8. The highest BCUT2D eigenvalue weighted by atomic mass is 16.2. The Morgan fingerprint density at radius 3 is 0.500 bits per heavy atom. The molecule has 0 saturated carbocycles. The van der Waals surface area contributed by atoms with Gasteiger partial charge in [-0.3, -0.25) is 97.8 Å². The quantitative estimate of drug-likeness (QED) is 0.0275. The standard InChI is InChI=1S/C114H124N22O8/c1-127(111(141)79-133(71-91-45-37-83-21-5-13-29-99(83)119-91)72-92-46-38-84-22-6-14-30-100(84)120-92)65-57-115-107(137)53-61-131(62-54-108(138)116-58-66-128(2)112(142)80-134(73-93-47-39-85-23-7-15-31-101(85)121-93)74-94-48-40-86-24-8-16-32-102(86)122-94)69-70-132(63-55-109(139)117-59-67-129(3)113(143)81-135(75-95-49-41-87-25-9-17-33-103(87)123-95)76-96-50-42-88-26-10-18-34-104(88)124-96)64-56-110(140)118-60-68-130(4)114(144)82-136(77-97-51-43-89-27-11-19-35-105(89)125-97)78-98-52-44-90-28-12-20-36-106(90)126-98/h5-52H,53-82H2,1-4H3,(H,115,137)(H,116,138)(H,117,139)(H,118,140). The van der Waals surface area contributed by atoms with Crippen LogP contribution in [0.3, 0.4) is 0 Å². The molecular weight excluding hydrogens is 1810 g/mol. The van der Waals surface area contributed by atoms with Crippen molar-refractivity contribution in [3.63, 3.8) is 0 Å². The third-order valence-corrected chi connectivity index (χ3v) is 25.9. The molecule has 0 saturated heterocycles. The summed E-state index contributed by atoms with van der Waals surface area (Å²) in [6.45, 7) is 6.04. The molecule has 0 aliphatic heterocycles. The Balaban J connectivity index is 0.577. The summed E-state index contributed by atoms with van der Waals surface area (Å²) >= 11 is 0. The van der Waals surface area contributed by atoms with Crippen molar-refractivity contribution < 1.29 is 38.4 Å². The first kappa shape index (κ1) is 102. The number of hydrogen-bond acceptors (Lipinski definition) is 22. The number of para-hydroxylation sites is 8. The fourth-order valence-electron chi connectivity index (χ4n) is 17.6. The monoisotopic (exact) mass is 1930 g/mol. The van der Waals surface area contributed by atoms with Gasteiger partial charge in [0.15, 0.2) is 0 Å². The van der Waals surface area contributed by atoms with Gasteiger partial charge in [-0.1, -0.05) is 194 Å². The molecule has 0 radical (unpaired) electrons. The number of amides is 8. The van der Waals surface area contributed by atoms with Gasteiger partial charge in [-0.15, -0.1) is 0 Å². The van der Waals surface area contributed by atoms with Crippen LogP contribution in [0, 0.1) is 0 Å². The number of aromatic nitrogens is 8. The molecule has 0 unspecified atom stereocenters. The second-order valence-corrected chi connectivity index (χ2v) is 36.9. The molecule has 0 aliphatic carbocycles. The molecule has 0 fully saturated rings. The highest BCUT2D eigenvalue weighted by Crippen LogP contribution is 2.25. The average molecular weight is 1930 g/mol. The van der Waals surface area contributed by atoms with Crippen LogP contribution in [0.15, 0.2) is 291 Å². The molecule has 8 aromatic carbocycles. The SMILES string of the molecule is CN(CCNC(=O)CCN(CCC(=O)NCCN(C)C(=O)CN(Cc1ccc2ccccc2n1)Cc1ccc2ccccc2n1)CCN(CCC(=O)NCCN(C)C(=O)CN(Cc1ccc2ccccc2n1)Cc1ccc2ccccc2n1)CCC(=O)NCCN(C)C(=O)CN(Cc1ccc2ccccc2n1)Cc1ccc2ccccc2n1)C(=O)CN(Cc1ccc2ccccc2n1)Cc1ccc2ccccc2n1. The van der Waals surface area contributed by atoms with E-state index in [2.05, 4.69) is 21.3 Å². The lowest BCUT2D eigenvalue weighted by molar-refractivity contribution is -0.132. The molecule has 30 heteroatoms. The number of carbonyl (C=O) groups is 8. The van der Waals surface area contributed by atoms with Crippen molar-refractivity contribution >= 4 is 134 Å². The number of fused-ring (bicyclic) bond motifs is 8. The van der Waals surface area contributed by atoms with Crippen LogP contribution in [-0.4, -0.2) is 282 Å². The summed E-state index contributed by atoms with van der Waals surface area (Å²) in [5.41, 5.74) is 13.2. The van der Waals surface area contributed by atoms with Crippen molar-refractivity contribution in [3.05, 3.63) is 337 Å². The number of likely N-dealkylation sites (N-methyl/N-ethyl adjacent to an activating group) is 4. The summed E-state index contributed by atoms with van der Waals surface area (Å²) in [5.74, 6) is -1.77. The van der Waals surface area contributed by atoms with Gasteiger partial charge in [0.05, 0.1) is 116 Å². The van der Waals surface area contributed by atoms with Crippen LogP contribution >= 0.6 is 0 Å². The molecule has 738 valence electrons. The Bertz CT molecular complexity index is 6010. The predicted molar refractivity (Wildman–Crippen MR) is 564 cm³/mol. The highest BCUT2D eigenvalue weighted by Gasteiger charge is 2.26. The first-order chi connectivity index (χ1) is 70.2. The first-order valence-corrected chi connectivity index (χ1v) is 49.3. The highest BCUT2D eigenvalue weighted by molar-refractivity contribution is 5.87. The van der Waals surface area contributed by atoms with Crippen molar-refractivity contribution in [2.45, 2.75) is 78.0 Å². The van der Waals surface area contributed by atoms with Crippen LogP contribution in [-0.2, 0) is 90.7 Å². The molecule has 8 amide bonds. The normalized spacial score (nSPS) is 11.7. The lowest BCUT2D eigenvalue weighted by Crippen LogP contribution is -2.44. The van der Waals surface area contributed by atoms with Crippen LogP contribution in [0.1, 0.15) is 71.2 Å². The smallest absolute Gasteiger partial charge is 0.236 e.